The number of unbranched alkanes of at least 4 members (excludes halogenated alkanes) is 12. The first-order valence-electron chi connectivity index (χ1n) is 13.6. The van der Waals surface area contributed by atoms with E-state index >= 15 is 0 Å². The highest BCUT2D eigenvalue weighted by Gasteiger charge is 2.48. The molecule has 0 aromatic heterocycles. The molecule has 0 fully saturated rings. The van der Waals surface area contributed by atoms with Crippen molar-refractivity contribution in [2.24, 2.45) is 0 Å². The molecule has 1 nitrogen and oxygen atoms in total. The van der Waals surface area contributed by atoms with Crippen LogP contribution in [0.25, 0.3) is 0 Å². The van der Waals surface area contributed by atoms with Crippen LogP contribution in [0.2, 0.25) is 16.6 Å². The Kier molecular flexibility index (Phi) is 19.0. The predicted octanol–water partition coefficient (Wildman–Crippen LogP) is 10.6. The van der Waals surface area contributed by atoms with Gasteiger partial charge in [-0.3, -0.25) is 4.80 Å². The van der Waals surface area contributed by atoms with Crippen molar-refractivity contribution >= 4 is 8.32 Å². The molecule has 0 spiro atoms. The fourth-order valence-electron chi connectivity index (χ4n) is 5.30. The normalized spacial score (nSPS) is 17.1. The van der Waals surface area contributed by atoms with Crippen molar-refractivity contribution in [3.8, 4) is 0 Å². The molecule has 175 valence electrons. The topological polar surface area (TPSA) is 19.9 Å². The zero-order chi connectivity index (χ0) is 22.0. The van der Waals surface area contributed by atoms with Crippen LogP contribution < -0.4 is 0 Å². The van der Waals surface area contributed by atoms with Gasteiger partial charge in [0, 0.05) is 0 Å². The maximum atomic E-state index is 14.5. The van der Waals surface area contributed by atoms with E-state index in [2.05, 4.69) is 41.5 Å². The van der Waals surface area contributed by atoms with Crippen LogP contribution in [0.15, 0.2) is 0 Å². The van der Waals surface area contributed by atoms with Gasteiger partial charge < -0.3 is 0 Å². The summed E-state index contributed by atoms with van der Waals surface area (Å²) in [5.41, 5.74) is 1.33. The molecule has 0 rings (SSSR count). The van der Waals surface area contributed by atoms with Gasteiger partial charge in [0.1, 0.15) is 0 Å². The maximum Gasteiger partial charge on any atom is 0.245 e. The fourth-order valence-corrected chi connectivity index (χ4v) is 10.2. The van der Waals surface area contributed by atoms with Crippen molar-refractivity contribution in [1.29, 1.82) is 0 Å². The molecule has 0 heterocycles. The highest BCUT2D eigenvalue weighted by Crippen LogP contribution is 2.46. The molecule has 0 bridgehead atoms. The molecule has 3 atom stereocenters. The number of hydrogen-bond acceptors (Lipinski definition) is 0. The Morgan fingerprint density at radius 3 is 0.931 bits per heavy atom. The van der Waals surface area contributed by atoms with Crippen LogP contribution in [0.1, 0.15) is 157 Å². The van der Waals surface area contributed by atoms with Crippen molar-refractivity contribution in [2.75, 3.05) is 0 Å². The van der Waals surface area contributed by atoms with E-state index in [0.29, 0.717) is 16.6 Å². The van der Waals surface area contributed by atoms with Crippen molar-refractivity contribution in [2.45, 2.75) is 174 Å². The predicted molar refractivity (Wildman–Crippen MR) is 135 cm³/mol. The zero-order valence-corrected chi connectivity index (χ0v) is 22.4. The second kappa shape index (κ2) is 18.9. The van der Waals surface area contributed by atoms with Crippen molar-refractivity contribution in [3.05, 3.63) is 0 Å². The maximum absolute atomic E-state index is 14.5. The van der Waals surface area contributed by atoms with Gasteiger partial charge in [-0.25, -0.2) is 0 Å². The fraction of sp³-hybridized carbons (Fsp3) is 1.00. The smallest absolute Gasteiger partial charge is 0.245 e. The lowest BCUT2D eigenvalue weighted by Gasteiger charge is -2.39. The van der Waals surface area contributed by atoms with E-state index in [0.717, 1.165) is 0 Å². The molecule has 3 unspecified atom stereocenters. The molecule has 0 saturated heterocycles. The molecule has 0 aromatic rings. The molecule has 0 amide bonds. The van der Waals surface area contributed by atoms with E-state index in [1.807, 2.05) is 0 Å². The number of rotatable bonds is 21. The van der Waals surface area contributed by atoms with Gasteiger partial charge in [-0.1, -0.05) is 157 Å². The Bertz CT molecular complexity index is 293. The molecule has 29 heavy (non-hydrogen) atoms. The quantitative estimate of drug-likeness (QED) is 0.129. The monoisotopic (exact) mass is 425 g/mol. The van der Waals surface area contributed by atoms with Crippen LogP contribution in [0.4, 0.5) is 0 Å². The van der Waals surface area contributed by atoms with Crippen LogP contribution in [-0.4, -0.2) is 8.32 Å². The van der Waals surface area contributed by atoms with Crippen molar-refractivity contribution < 1.29 is 4.80 Å². The minimum absolute atomic E-state index is 0.445. The molecule has 0 aliphatic heterocycles. The van der Waals surface area contributed by atoms with Gasteiger partial charge in [-0.15, -0.1) is 0 Å². The average molecular weight is 426 g/mol. The van der Waals surface area contributed by atoms with Crippen LogP contribution in [0, 0.1) is 0 Å². The molecule has 1 radical (unpaired) electrons. The summed E-state index contributed by atoms with van der Waals surface area (Å²) >= 11 is 0. The Balaban J connectivity index is 4.75. The lowest BCUT2D eigenvalue weighted by molar-refractivity contribution is 0.346. The van der Waals surface area contributed by atoms with Gasteiger partial charge in [0.15, 0.2) is 0 Å². The average Bonchev–Trinajstić information content (AvgIpc) is 2.72. The summed E-state index contributed by atoms with van der Waals surface area (Å²) in [5, 5.41) is 0. The van der Waals surface area contributed by atoms with E-state index in [9.17, 15) is 4.80 Å². The molecule has 0 N–H and O–H groups in total. The highest BCUT2D eigenvalue weighted by atomic mass is 28.4. The van der Waals surface area contributed by atoms with Gasteiger partial charge in [0.25, 0.3) is 0 Å². The Hall–Kier alpha value is 0.177. The largest absolute Gasteiger partial charge is 0.296 e. The minimum Gasteiger partial charge on any atom is -0.296 e. The molecule has 0 aromatic carbocycles. The third-order valence-electron chi connectivity index (χ3n) is 7.53. The molecular weight excluding hydrogens is 368 g/mol. The molecule has 0 aliphatic rings. The van der Waals surface area contributed by atoms with Crippen LogP contribution in [0.3, 0.4) is 0 Å². The molecular formula is C27H57OSi. The van der Waals surface area contributed by atoms with E-state index < -0.39 is 8.32 Å². The van der Waals surface area contributed by atoms with Crippen LogP contribution >= 0.6 is 0 Å². The SMILES string of the molecule is CCCCCCCC(C)[Si]([O])(C(C)CCCCCCC)C(C)CCCCCCC. The minimum atomic E-state index is -2.52. The van der Waals surface area contributed by atoms with Gasteiger partial charge >= 0.3 is 0 Å². The Morgan fingerprint density at radius 1 is 0.448 bits per heavy atom. The first kappa shape index (κ1) is 29.2. The van der Waals surface area contributed by atoms with E-state index in [-0.39, 0.29) is 0 Å². The summed E-state index contributed by atoms with van der Waals surface area (Å²) in [6, 6.07) is 0. The summed E-state index contributed by atoms with van der Waals surface area (Å²) in [6.07, 6.45) is 23.5. The zero-order valence-electron chi connectivity index (χ0n) is 21.4. The molecule has 2 heteroatoms. The van der Waals surface area contributed by atoms with E-state index in [4.69, 9.17) is 0 Å². The van der Waals surface area contributed by atoms with E-state index in [1.54, 1.807) is 0 Å². The number of hydrogen-bond donors (Lipinski definition) is 0. The third-order valence-corrected chi connectivity index (χ3v) is 13.0. The van der Waals surface area contributed by atoms with Gasteiger partial charge in [-0.2, -0.15) is 0 Å². The third kappa shape index (κ3) is 12.6. The lowest BCUT2D eigenvalue weighted by atomic mass is 10.1. The summed E-state index contributed by atoms with van der Waals surface area (Å²) < 4.78 is 0. The van der Waals surface area contributed by atoms with Gasteiger partial charge in [0.2, 0.25) is 8.32 Å². The first-order chi connectivity index (χ1) is 13.9. The molecule has 0 saturated carbocycles. The van der Waals surface area contributed by atoms with Gasteiger partial charge in [-0.05, 0) is 16.6 Å². The summed E-state index contributed by atoms with van der Waals surface area (Å²) in [7, 11) is -2.52. The second-order valence-electron chi connectivity index (χ2n) is 10.2. The summed E-state index contributed by atoms with van der Waals surface area (Å²) in [6.45, 7) is 13.9. The van der Waals surface area contributed by atoms with Crippen LogP contribution in [0.5, 0.6) is 0 Å². The van der Waals surface area contributed by atoms with Crippen LogP contribution in [-0.2, 0) is 4.80 Å². The second-order valence-corrected chi connectivity index (χ2v) is 14.8. The standard InChI is InChI=1S/C27H57OSi/c1-7-10-13-16-19-22-25(4)29(28,26(5)23-20-17-14-11-8-2)27(6)24-21-18-15-12-9-3/h25-27H,7-24H2,1-6H3. The molecule has 0 aliphatic carbocycles. The van der Waals surface area contributed by atoms with Gasteiger partial charge in [0.05, 0.1) is 0 Å². The van der Waals surface area contributed by atoms with Crippen molar-refractivity contribution in [1.82, 2.24) is 0 Å². The summed E-state index contributed by atoms with van der Waals surface area (Å²) in [5.74, 6) is 0. The Labute approximate surface area is 187 Å². The highest BCUT2D eigenvalue weighted by molar-refractivity contribution is 6.76. The van der Waals surface area contributed by atoms with E-state index in [1.165, 1.54) is 116 Å². The summed E-state index contributed by atoms with van der Waals surface area (Å²) in [4.78, 5) is 14.5. The van der Waals surface area contributed by atoms with Crippen molar-refractivity contribution in [3.63, 3.8) is 0 Å². The lowest BCUT2D eigenvalue weighted by Crippen LogP contribution is -2.46. The Morgan fingerprint density at radius 2 is 0.690 bits per heavy atom. The first-order valence-corrected chi connectivity index (χ1v) is 15.8.